The lowest BCUT2D eigenvalue weighted by atomic mass is 9.76. The summed E-state index contributed by atoms with van der Waals surface area (Å²) in [6.07, 6.45) is 2.35. The Morgan fingerprint density at radius 2 is 2.12 bits per heavy atom. The van der Waals surface area contributed by atoms with Crippen LogP contribution in [0.3, 0.4) is 0 Å². The zero-order valence-electron chi connectivity index (χ0n) is 15.3. The van der Waals surface area contributed by atoms with Gasteiger partial charge in [0, 0.05) is 31.2 Å². The number of carbonyl (C=O) groups excluding carboxylic acids is 2. The number of aromatic nitrogens is 1. The van der Waals surface area contributed by atoms with Gasteiger partial charge in [0.1, 0.15) is 6.17 Å². The Kier molecular flexibility index (Phi) is 4.45. The molecule has 1 atom stereocenters. The molecule has 2 aliphatic heterocycles. The Balaban J connectivity index is 1.43. The van der Waals surface area contributed by atoms with Crippen LogP contribution in [-0.2, 0) is 16.1 Å². The van der Waals surface area contributed by atoms with Gasteiger partial charge in [-0.05, 0) is 51.2 Å². The molecule has 0 aromatic carbocycles. The second-order valence-electron chi connectivity index (χ2n) is 8.16. The van der Waals surface area contributed by atoms with Gasteiger partial charge in [0.25, 0.3) is 0 Å². The largest absolute Gasteiger partial charge is 0.341 e. The van der Waals surface area contributed by atoms with Crippen LogP contribution < -0.4 is 0 Å². The second kappa shape index (κ2) is 6.63. The average molecular weight is 359 g/mol. The van der Waals surface area contributed by atoms with E-state index in [0.29, 0.717) is 39.0 Å². The molecule has 140 valence electrons. The number of rotatable bonds is 3. The lowest BCUT2D eigenvalue weighted by Gasteiger charge is -2.42. The van der Waals surface area contributed by atoms with E-state index in [1.807, 2.05) is 34.9 Å². The first kappa shape index (κ1) is 17.4. The molecule has 26 heavy (non-hydrogen) atoms. The number of halogens is 1. The summed E-state index contributed by atoms with van der Waals surface area (Å²) >= 11 is 0. The molecule has 1 aliphatic carbocycles. The summed E-state index contributed by atoms with van der Waals surface area (Å²) in [6.45, 7) is 4.38. The number of nitrogens with zero attached hydrogens (tertiary/aromatic N) is 3. The minimum absolute atomic E-state index is 0.0459. The van der Waals surface area contributed by atoms with Crippen LogP contribution in [-0.4, -0.2) is 52.4 Å². The quantitative estimate of drug-likeness (QED) is 0.833. The highest BCUT2D eigenvalue weighted by molar-refractivity contribution is 5.87. The summed E-state index contributed by atoms with van der Waals surface area (Å²) in [5, 5.41) is 0. The molecule has 3 fully saturated rings. The van der Waals surface area contributed by atoms with Gasteiger partial charge in [-0.2, -0.15) is 0 Å². The van der Waals surface area contributed by atoms with E-state index < -0.39 is 11.6 Å². The van der Waals surface area contributed by atoms with Crippen molar-refractivity contribution in [1.82, 2.24) is 14.8 Å². The Bertz CT molecular complexity index is 719. The van der Waals surface area contributed by atoms with Gasteiger partial charge in [0.05, 0.1) is 17.7 Å². The van der Waals surface area contributed by atoms with Crippen LogP contribution in [0, 0.1) is 18.3 Å². The van der Waals surface area contributed by atoms with Crippen LogP contribution in [0.2, 0.25) is 0 Å². The van der Waals surface area contributed by atoms with Crippen molar-refractivity contribution in [3.8, 4) is 0 Å². The molecule has 6 heteroatoms. The van der Waals surface area contributed by atoms with Gasteiger partial charge in [-0.3, -0.25) is 14.6 Å². The van der Waals surface area contributed by atoms with Gasteiger partial charge in [-0.15, -0.1) is 0 Å². The fourth-order valence-corrected chi connectivity index (χ4v) is 4.63. The maximum atomic E-state index is 13.1. The standard InChI is InChI=1S/C20H26FN3O2/c1-14-4-2-5-17(22-14)12-23-9-7-20(19(23)26)6-3-8-24(13-20)18(25)15-10-16(21)11-15/h2,4-5,15-16H,3,6-13H2,1H3. The number of piperidine rings is 1. The highest BCUT2D eigenvalue weighted by Crippen LogP contribution is 2.42. The third-order valence-corrected chi connectivity index (χ3v) is 6.22. The van der Waals surface area contributed by atoms with Gasteiger partial charge >= 0.3 is 0 Å². The first-order valence-electron chi connectivity index (χ1n) is 9.62. The first-order valence-corrected chi connectivity index (χ1v) is 9.62. The van der Waals surface area contributed by atoms with Crippen LogP contribution in [0.25, 0.3) is 0 Å². The lowest BCUT2D eigenvalue weighted by molar-refractivity contribution is -0.148. The molecule has 1 saturated carbocycles. The van der Waals surface area contributed by atoms with Crippen LogP contribution in [0.5, 0.6) is 0 Å². The molecule has 5 nitrogen and oxygen atoms in total. The van der Waals surface area contributed by atoms with Gasteiger partial charge < -0.3 is 9.80 Å². The van der Waals surface area contributed by atoms with Crippen LogP contribution in [0.1, 0.15) is 43.5 Å². The number of hydrogen-bond donors (Lipinski definition) is 0. The zero-order valence-corrected chi connectivity index (χ0v) is 15.3. The molecule has 3 aliphatic rings. The summed E-state index contributed by atoms with van der Waals surface area (Å²) in [7, 11) is 0. The summed E-state index contributed by atoms with van der Waals surface area (Å²) in [5.41, 5.74) is 1.41. The molecular formula is C20H26FN3O2. The van der Waals surface area contributed by atoms with Crippen molar-refractivity contribution in [2.75, 3.05) is 19.6 Å². The number of pyridine rings is 1. The average Bonchev–Trinajstić information content (AvgIpc) is 2.88. The molecule has 0 N–H and O–H groups in total. The fourth-order valence-electron chi connectivity index (χ4n) is 4.63. The molecule has 4 rings (SSSR count). The third kappa shape index (κ3) is 3.10. The molecule has 2 saturated heterocycles. The summed E-state index contributed by atoms with van der Waals surface area (Å²) in [6, 6.07) is 5.86. The monoisotopic (exact) mass is 359 g/mol. The summed E-state index contributed by atoms with van der Waals surface area (Å²) in [5.74, 6) is 0.0177. The van der Waals surface area contributed by atoms with Crippen molar-refractivity contribution in [3.63, 3.8) is 0 Å². The van der Waals surface area contributed by atoms with E-state index in [1.54, 1.807) is 0 Å². The van der Waals surface area contributed by atoms with Crippen molar-refractivity contribution >= 4 is 11.8 Å². The highest BCUT2D eigenvalue weighted by atomic mass is 19.1. The SMILES string of the molecule is Cc1cccc(CN2CCC3(CCCN(C(=O)C4CC(F)C4)C3)C2=O)n1. The number of carbonyl (C=O) groups is 2. The molecular weight excluding hydrogens is 333 g/mol. The van der Waals surface area contributed by atoms with Gasteiger partial charge in [0.15, 0.2) is 0 Å². The van der Waals surface area contributed by atoms with Crippen LogP contribution >= 0.6 is 0 Å². The normalized spacial score (nSPS) is 31.4. The number of likely N-dealkylation sites (tertiary alicyclic amines) is 2. The highest BCUT2D eigenvalue weighted by Gasteiger charge is 2.50. The number of aryl methyl sites for hydroxylation is 1. The first-order chi connectivity index (χ1) is 12.5. The Morgan fingerprint density at radius 3 is 2.85 bits per heavy atom. The maximum absolute atomic E-state index is 13.1. The number of amides is 2. The number of alkyl halides is 1. The lowest BCUT2D eigenvalue weighted by Crippen LogP contribution is -2.52. The van der Waals surface area contributed by atoms with Gasteiger partial charge in [-0.1, -0.05) is 6.07 Å². The van der Waals surface area contributed by atoms with Crippen molar-refractivity contribution in [1.29, 1.82) is 0 Å². The molecule has 0 bridgehead atoms. The summed E-state index contributed by atoms with van der Waals surface area (Å²) in [4.78, 5) is 34.0. The third-order valence-electron chi connectivity index (χ3n) is 6.22. The Morgan fingerprint density at radius 1 is 1.31 bits per heavy atom. The fraction of sp³-hybridized carbons (Fsp3) is 0.650. The van der Waals surface area contributed by atoms with Crippen molar-refractivity contribution in [3.05, 3.63) is 29.6 Å². The molecule has 1 aromatic heterocycles. The molecule has 1 spiro atoms. The number of hydrogen-bond acceptors (Lipinski definition) is 3. The molecule has 0 radical (unpaired) electrons. The molecule has 3 heterocycles. The van der Waals surface area contributed by atoms with Crippen LogP contribution in [0.15, 0.2) is 18.2 Å². The zero-order chi connectivity index (χ0) is 18.3. The van der Waals surface area contributed by atoms with E-state index in [-0.39, 0.29) is 17.7 Å². The minimum atomic E-state index is -0.826. The van der Waals surface area contributed by atoms with Gasteiger partial charge in [-0.25, -0.2) is 4.39 Å². The second-order valence-corrected chi connectivity index (χ2v) is 8.16. The predicted molar refractivity (Wildman–Crippen MR) is 94.9 cm³/mol. The van der Waals surface area contributed by atoms with Crippen molar-refractivity contribution in [2.45, 2.75) is 51.7 Å². The van der Waals surface area contributed by atoms with E-state index >= 15 is 0 Å². The van der Waals surface area contributed by atoms with E-state index in [4.69, 9.17) is 0 Å². The molecule has 2 amide bonds. The van der Waals surface area contributed by atoms with E-state index in [0.717, 1.165) is 30.7 Å². The Labute approximate surface area is 153 Å². The van der Waals surface area contributed by atoms with E-state index in [9.17, 15) is 14.0 Å². The Hall–Kier alpha value is -1.98. The van der Waals surface area contributed by atoms with E-state index in [1.165, 1.54) is 0 Å². The van der Waals surface area contributed by atoms with E-state index in [2.05, 4.69) is 4.98 Å². The predicted octanol–water partition coefficient (Wildman–Crippen LogP) is 2.48. The minimum Gasteiger partial charge on any atom is -0.341 e. The van der Waals surface area contributed by atoms with Crippen molar-refractivity contribution < 1.29 is 14.0 Å². The van der Waals surface area contributed by atoms with Crippen molar-refractivity contribution in [2.24, 2.45) is 11.3 Å². The molecule has 1 unspecified atom stereocenters. The molecule has 1 aromatic rings. The topological polar surface area (TPSA) is 53.5 Å². The van der Waals surface area contributed by atoms with Gasteiger partial charge in [0.2, 0.25) is 11.8 Å². The smallest absolute Gasteiger partial charge is 0.231 e. The summed E-state index contributed by atoms with van der Waals surface area (Å²) < 4.78 is 13.1. The van der Waals surface area contributed by atoms with Crippen LogP contribution in [0.4, 0.5) is 4.39 Å². The maximum Gasteiger partial charge on any atom is 0.231 e.